The third-order valence-electron chi connectivity index (χ3n) is 3.27. The third kappa shape index (κ3) is 1.88. The number of nitrogen functional groups attached to an aromatic ring is 1. The summed E-state index contributed by atoms with van der Waals surface area (Å²) < 4.78 is 0. The first-order valence-electron chi connectivity index (χ1n) is 6.08. The Balaban J connectivity index is 2.92. The van der Waals surface area contributed by atoms with Crippen molar-refractivity contribution in [2.45, 2.75) is 40.5 Å². The molecule has 0 aliphatic rings. The van der Waals surface area contributed by atoms with Gasteiger partial charge in [-0.3, -0.25) is 4.98 Å². The Bertz CT molecular complexity index is 583. The van der Waals surface area contributed by atoms with E-state index in [-0.39, 0.29) is 0 Å². The molecular weight excluding hydrogens is 208 g/mol. The monoisotopic (exact) mass is 228 g/mol. The number of hydrogen-bond donors (Lipinski definition) is 1. The molecule has 0 unspecified atom stereocenters. The number of benzene rings is 1. The van der Waals surface area contributed by atoms with Gasteiger partial charge in [0.1, 0.15) is 0 Å². The van der Waals surface area contributed by atoms with Gasteiger partial charge in [0.2, 0.25) is 0 Å². The quantitative estimate of drug-likeness (QED) is 0.804. The molecule has 0 spiro atoms. The summed E-state index contributed by atoms with van der Waals surface area (Å²) in [5.74, 6) is 0.410. The van der Waals surface area contributed by atoms with Gasteiger partial charge in [-0.1, -0.05) is 25.5 Å². The van der Waals surface area contributed by atoms with Crippen molar-refractivity contribution in [1.29, 1.82) is 0 Å². The molecule has 0 atom stereocenters. The van der Waals surface area contributed by atoms with Crippen LogP contribution in [0.3, 0.4) is 0 Å². The van der Waals surface area contributed by atoms with Gasteiger partial charge in [-0.15, -0.1) is 0 Å². The van der Waals surface area contributed by atoms with Gasteiger partial charge in [0.25, 0.3) is 0 Å². The molecular formula is C15H20N2. The van der Waals surface area contributed by atoms with Crippen LogP contribution in [0.4, 0.5) is 5.69 Å². The topological polar surface area (TPSA) is 38.9 Å². The molecule has 0 radical (unpaired) electrons. The third-order valence-corrected chi connectivity index (χ3v) is 3.27. The lowest BCUT2D eigenvalue weighted by molar-refractivity contribution is 0.851. The SMILES string of the molecule is Cc1cc(C)c2nc(C)c(C(C)C)c(N)c2c1. The number of nitrogens with two attached hydrogens (primary N) is 1. The predicted octanol–water partition coefficient (Wildman–Crippen LogP) is 3.87. The number of nitrogens with zero attached hydrogens (tertiary/aromatic N) is 1. The van der Waals surface area contributed by atoms with E-state index in [9.17, 15) is 0 Å². The lowest BCUT2D eigenvalue weighted by atomic mass is 9.95. The molecule has 0 aliphatic heterocycles. The Labute approximate surface area is 103 Å². The van der Waals surface area contributed by atoms with E-state index >= 15 is 0 Å². The molecule has 2 N–H and O–H groups in total. The highest BCUT2D eigenvalue weighted by Crippen LogP contribution is 2.32. The summed E-state index contributed by atoms with van der Waals surface area (Å²) in [6, 6.07) is 4.29. The van der Waals surface area contributed by atoms with E-state index in [4.69, 9.17) is 10.7 Å². The maximum Gasteiger partial charge on any atom is 0.0755 e. The van der Waals surface area contributed by atoms with E-state index in [0.717, 1.165) is 22.3 Å². The minimum Gasteiger partial charge on any atom is -0.398 e. The van der Waals surface area contributed by atoms with Gasteiger partial charge in [-0.05, 0) is 43.9 Å². The molecule has 1 aromatic heterocycles. The molecule has 17 heavy (non-hydrogen) atoms. The van der Waals surface area contributed by atoms with E-state index < -0.39 is 0 Å². The highest BCUT2D eigenvalue weighted by Gasteiger charge is 2.14. The molecule has 0 aliphatic carbocycles. The highest BCUT2D eigenvalue weighted by molar-refractivity contribution is 5.94. The average molecular weight is 228 g/mol. The zero-order valence-electron chi connectivity index (χ0n) is 11.3. The lowest BCUT2D eigenvalue weighted by Gasteiger charge is -2.16. The number of anilines is 1. The minimum atomic E-state index is 0.410. The molecule has 0 saturated carbocycles. The Morgan fingerprint density at radius 2 is 1.76 bits per heavy atom. The van der Waals surface area contributed by atoms with Crippen molar-refractivity contribution in [2.24, 2.45) is 0 Å². The van der Waals surface area contributed by atoms with Crippen LogP contribution in [0.1, 0.15) is 42.1 Å². The van der Waals surface area contributed by atoms with E-state index in [1.54, 1.807) is 0 Å². The molecule has 0 bridgehead atoms. The Kier molecular flexibility index (Phi) is 2.82. The molecule has 0 fully saturated rings. The Morgan fingerprint density at radius 1 is 1.12 bits per heavy atom. The fourth-order valence-electron chi connectivity index (χ4n) is 2.61. The summed E-state index contributed by atoms with van der Waals surface area (Å²) in [5, 5.41) is 1.09. The Hall–Kier alpha value is -1.57. The number of rotatable bonds is 1. The van der Waals surface area contributed by atoms with Gasteiger partial charge in [-0.2, -0.15) is 0 Å². The van der Waals surface area contributed by atoms with Crippen molar-refractivity contribution >= 4 is 16.6 Å². The van der Waals surface area contributed by atoms with Crippen molar-refractivity contribution < 1.29 is 0 Å². The van der Waals surface area contributed by atoms with Gasteiger partial charge in [0.15, 0.2) is 0 Å². The summed E-state index contributed by atoms with van der Waals surface area (Å²) in [5.41, 5.74) is 12.9. The van der Waals surface area contributed by atoms with E-state index in [1.807, 2.05) is 6.92 Å². The molecule has 2 nitrogen and oxygen atoms in total. The molecule has 2 aromatic rings. The number of aromatic nitrogens is 1. The van der Waals surface area contributed by atoms with Crippen molar-refractivity contribution in [3.8, 4) is 0 Å². The van der Waals surface area contributed by atoms with Crippen LogP contribution in [0.15, 0.2) is 12.1 Å². The summed E-state index contributed by atoms with van der Waals surface area (Å²) in [4.78, 5) is 4.72. The molecule has 2 rings (SSSR count). The summed E-state index contributed by atoms with van der Waals surface area (Å²) in [6.07, 6.45) is 0. The summed E-state index contributed by atoms with van der Waals surface area (Å²) in [6.45, 7) is 10.6. The van der Waals surface area contributed by atoms with Crippen LogP contribution < -0.4 is 5.73 Å². The Morgan fingerprint density at radius 3 is 2.35 bits per heavy atom. The number of aryl methyl sites for hydroxylation is 3. The molecule has 1 aromatic carbocycles. The first-order valence-corrected chi connectivity index (χ1v) is 6.08. The van der Waals surface area contributed by atoms with Gasteiger partial charge in [-0.25, -0.2) is 0 Å². The standard InChI is InChI=1S/C15H20N2/c1-8(2)13-11(5)17-15-10(4)6-9(3)7-12(15)14(13)16/h6-8H,1-5H3,(H2,16,17). The maximum absolute atomic E-state index is 6.32. The van der Waals surface area contributed by atoms with Crippen LogP contribution in [0.2, 0.25) is 0 Å². The summed E-state index contributed by atoms with van der Waals surface area (Å²) >= 11 is 0. The largest absolute Gasteiger partial charge is 0.398 e. The second-order valence-electron chi connectivity index (χ2n) is 5.16. The van der Waals surface area contributed by atoms with Gasteiger partial charge >= 0.3 is 0 Å². The number of hydrogen-bond acceptors (Lipinski definition) is 2. The fourth-order valence-corrected chi connectivity index (χ4v) is 2.61. The van der Waals surface area contributed by atoms with Crippen LogP contribution in [0.25, 0.3) is 10.9 Å². The van der Waals surface area contributed by atoms with E-state index in [0.29, 0.717) is 5.92 Å². The maximum atomic E-state index is 6.32. The average Bonchev–Trinajstić information content (AvgIpc) is 2.19. The second-order valence-corrected chi connectivity index (χ2v) is 5.16. The van der Waals surface area contributed by atoms with Crippen molar-refractivity contribution in [3.63, 3.8) is 0 Å². The van der Waals surface area contributed by atoms with Crippen LogP contribution in [-0.4, -0.2) is 4.98 Å². The van der Waals surface area contributed by atoms with Gasteiger partial charge in [0, 0.05) is 16.8 Å². The zero-order valence-corrected chi connectivity index (χ0v) is 11.3. The number of pyridine rings is 1. The van der Waals surface area contributed by atoms with Crippen molar-refractivity contribution in [3.05, 3.63) is 34.5 Å². The van der Waals surface area contributed by atoms with E-state index in [2.05, 4.69) is 39.8 Å². The van der Waals surface area contributed by atoms with Crippen LogP contribution in [-0.2, 0) is 0 Å². The van der Waals surface area contributed by atoms with Crippen LogP contribution in [0, 0.1) is 20.8 Å². The molecule has 90 valence electrons. The minimum absolute atomic E-state index is 0.410. The van der Waals surface area contributed by atoms with Gasteiger partial charge in [0.05, 0.1) is 5.52 Å². The molecule has 0 amide bonds. The van der Waals surface area contributed by atoms with Crippen molar-refractivity contribution in [2.75, 3.05) is 5.73 Å². The fraction of sp³-hybridized carbons (Fsp3) is 0.400. The molecule has 1 heterocycles. The first kappa shape index (κ1) is 11.9. The van der Waals surface area contributed by atoms with Crippen LogP contribution in [0.5, 0.6) is 0 Å². The predicted molar refractivity (Wildman–Crippen MR) is 74.5 cm³/mol. The smallest absolute Gasteiger partial charge is 0.0755 e. The summed E-state index contributed by atoms with van der Waals surface area (Å²) in [7, 11) is 0. The van der Waals surface area contributed by atoms with Crippen molar-refractivity contribution in [1.82, 2.24) is 4.98 Å². The lowest BCUT2D eigenvalue weighted by Crippen LogP contribution is -2.04. The normalized spacial score (nSPS) is 11.4. The van der Waals surface area contributed by atoms with E-state index in [1.165, 1.54) is 16.7 Å². The molecule has 2 heteroatoms. The van der Waals surface area contributed by atoms with Crippen LogP contribution >= 0.6 is 0 Å². The molecule has 0 saturated heterocycles. The second kappa shape index (κ2) is 4.02. The number of fused-ring (bicyclic) bond motifs is 1. The zero-order chi connectivity index (χ0) is 12.7. The first-order chi connectivity index (χ1) is 7.91. The highest BCUT2D eigenvalue weighted by atomic mass is 14.7. The van der Waals surface area contributed by atoms with Gasteiger partial charge < -0.3 is 5.73 Å².